The van der Waals surface area contributed by atoms with Crippen molar-refractivity contribution in [3.05, 3.63) is 24.2 Å². The molecule has 5 heteroatoms. The van der Waals surface area contributed by atoms with E-state index in [2.05, 4.69) is 14.9 Å². The summed E-state index contributed by atoms with van der Waals surface area (Å²) in [6, 6.07) is 4.34. The van der Waals surface area contributed by atoms with Crippen molar-refractivity contribution in [1.29, 1.82) is 0 Å². The van der Waals surface area contributed by atoms with Crippen LogP contribution in [0.1, 0.15) is 56.6 Å². The Morgan fingerprint density at radius 2 is 2.14 bits per heavy atom. The Hall–Kier alpha value is -1.46. The van der Waals surface area contributed by atoms with Crippen molar-refractivity contribution in [3.63, 3.8) is 0 Å². The molecule has 1 N–H and O–H groups in total. The number of aromatic nitrogens is 3. The fourth-order valence-electron chi connectivity index (χ4n) is 3.48. The van der Waals surface area contributed by atoms with Crippen molar-refractivity contribution in [2.75, 3.05) is 13.2 Å². The lowest BCUT2D eigenvalue weighted by Crippen LogP contribution is -2.31. The van der Waals surface area contributed by atoms with E-state index in [1.807, 2.05) is 18.3 Å². The summed E-state index contributed by atoms with van der Waals surface area (Å²) in [6.45, 7) is 1.92. The number of hydrogen-bond donors (Lipinski definition) is 1. The van der Waals surface area contributed by atoms with Gasteiger partial charge in [0.25, 0.3) is 0 Å². The first-order valence-electron chi connectivity index (χ1n) is 8.11. The minimum atomic E-state index is 0.0948. The normalized spacial score (nSPS) is 27.0. The molecule has 0 aliphatic carbocycles. The summed E-state index contributed by atoms with van der Waals surface area (Å²) in [6.07, 6.45) is 9.05. The maximum Gasteiger partial charge on any atom is 0.162 e. The number of rotatable bonds is 2. The zero-order valence-electron chi connectivity index (χ0n) is 12.3. The highest BCUT2D eigenvalue weighted by Crippen LogP contribution is 2.32. The molecule has 0 radical (unpaired) electrons. The Morgan fingerprint density at radius 3 is 2.95 bits per heavy atom. The van der Waals surface area contributed by atoms with E-state index in [9.17, 15) is 0 Å². The summed E-state index contributed by atoms with van der Waals surface area (Å²) < 4.78 is 8.26. The first-order chi connectivity index (χ1) is 10.4. The first kappa shape index (κ1) is 13.2. The summed E-state index contributed by atoms with van der Waals surface area (Å²) in [7, 11) is 0. The molecule has 0 bridgehead atoms. The molecule has 5 nitrogen and oxygen atoms in total. The van der Waals surface area contributed by atoms with E-state index in [4.69, 9.17) is 9.72 Å². The van der Waals surface area contributed by atoms with Crippen molar-refractivity contribution in [2.45, 2.75) is 50.8 Å². The molecular formula is C16H22N4O. The molecule has 2 aliphatic rings. The zero-order chi connectivity index (χ0) is 14.1. The zero-order valence-corrected chi connectivity index (χ0v) is 12.3. The third-order valence-electron chi connectivity index (χ3n) is 4.54. The monoisotopic (exact) mass is 286 g/mol. The Bertz CT molecular complexity index is 612. The van der Waals surface area contributed by atoms with Crippen LogP contribution in [0.5, 0.6) is 0 Å². The van der Waals surface area contributed by atoms with Crippen molar-refractivity contribution < 1.29 is 4.74 Å². The van der Waals surface area contributed by atoms with E-state index in [0.717, 1.165) is 49.4 Å². The van der Waals surface area contributed by atoms with Gasteiger partial charge in [-0.2, -0.15) is 0 Å². The molecule has 0 aromatic carbocycles. The molecule has 4 rings (SSSR count). The SMILES string of the molecule is c1cnc2c(c1)nc(C1CCCCN1)n2C1CCCCO1. The number of hydrogen-bond acceptors (Lipinski definition) is 4. The van der Waals surface area contributed by atoms with Gasteiger partial charge in [0.05, 0.1) is 6.04 Å². The van der Waals surface area contributed by atoms with Crippen molar-refractivity contribution in [2.24, 2.45) is 0 Å². The second-order valence-electron chi connectivity index (χ2n) is 6.01. The van der Waals surface area contributed by atoms with Gasteiger partial charge in [0.1, 0.15) is 17.6 Å². The van der Waals surface area contributed by atoms with Crippen LogP contribution in [0.3, 0.4) is 0 Å². The van der Waals surface area contributed by atoms with Crippen LogP contribution in [0.4, 0.5) is 0 Å². The lowest BCUT2D eigenvalue weighted by molar-refractivity contribution is -0.0323. The summed E-state index contributed by atoms with van der Waals surface area (Å²) in [4.78, 5) is 9.43. The average Bonchev–Trinajstić information content (AvgIpc) is 2.96. The number of pyridine rings is 1. The molecule has 2 atom stereocenters. The molecule has 0 amide bonds. The Labute approximate surface area is 124 Å². The topological polar surface area (TPSA) is 52.0 Å². The van der Waals surface area contributed by atoms with E-state index in [0.29, 0.717) is 6.04 Å². The summed E-state index contributed by atoms with van der Waals surface area (Å²) >= 11 is 0. The fraction of sp³-hybridized carbons (Fsp3) is 0.625. The number of nitrogens with one attached hydrogen (secondary N) is 1. The molecule has 112 valence electrons. The highest BCUT2D eigenvalue weighted by atomic mass is 16.5. The van der Waals surface area contributed by atoms with Gasteiger partial charge in [-0.15, -0.1) is 0 Å². The van der Waals surface area contributed by atoms with Crippen LogP contribution in [-0.4, -0.2) is 27.7 Å². The summed E-state index contributed by atoms with van der Waals surface area (Å²) in [5.74, 6) is 1.11. The van der Waals surface area contributed by atoms with Crippen molar-refractivity contribution >= 4 is 11.2 Å². The van der Waals surface area contributed by atoms with Gasteiger partial charge < -0.3 is 10.1 Å². The van der Waals surface area contributed by atoms with Gasteiger partial charge in [-0.3, -0.25) is 4.57 Å². The van der Waals surface area contributed by atoms with Gasteiger partial charge in [-0.05, 0) is 50.8 Å². The number of nitrogens with zero attached hydrogens (tertiary/aromatic N) is 3. The predicted octanol–water partition coefficient (Wildman–Crippen LogP) is 2.95. The van der Waals surface area contributed by atoms with Gasteiger partial charge in [0, 0.05) is 12.8 Å². The highest BCUT2D eigenvalue weighted by molar-refractivity contribution is 5.71. The maximum atomic E-state index is 6.02. The van der Waals surface area contributed by atoms with Crippen LogP contribution in [0, 0.1) is 0 Å². The Kier molecular flexibility index (Phi) is 3.61. The van der Waals surface area contributed by atoms with E-state index in [-0.39, 0.29) is 6.23 Å². The quantitative estimate of drug-likeness (QED) is 0.922. The second kappa shape index (κ2) is 5.73. The molecule has 2 unspecified atom stereocenters. The lowest BCUT2D eigenvalue weighted by Gasteiger charge is -2.29. The molecular weight excluding hydrogens is 264 g/mol. The fourth-order valence-corrected chi connectivity index (χ4v) is 3.48. The molecule has 2 aliphatic heterocycles. The molecule has 2 fully saturated rings. The minimum Gasteiger partial charge on any atom is -0.358 e. The van der Waals surface area contributed by atoms with E-state index in [1.165, 1.54) is 19.3 Å². The summed E-state index contributed by atoms with van der Waals surface area (Å²) in [5.41, 5.74) is 1.95. The van der Waals surface area contributed by atoms with Crippen molar-refractivity contribution in [3.8, 4) is 0 Å². The van der Waals surface area contributed by atoms with Crippen LogP contribution in [0.25, 0.3) is 11.2 Å². The summed E-state index contributed by atoms with van der Waals surface area (Å²) in [5, 5.41) is 3.61. The first-order valence-corrected chi connectivity index (χ1v) is 8.11. The molecule has 2 aromatic heterocycles. The molecule has 0 saturated carbocycles. The molecule has 2 aromatic rings. The maximum absolute atomic E-state index is 6.02. The number of fused-ring (bicyclic) bond motifs is 1. The van der Waals surface area contributed by atoms with Crippen LogP contribution in [0.2, 0.25) is 0 Å². The standard InChI is InChI=1S/C16H22N4O/c1-3-9-17-12(6-1)16-19-13-7-5-10-18-15(13)20(16)14-8-2-4-11-21-14/h5,7,10,12,14,17H,1-4,6,8-9,11H2. The van der Waals surface area contributed by atoms with Crippen LogP contribution < -0.4 is 5.32 Å². The number of ether oxygens (including phenoxy) is 1. The number of imidazole rings is 1. The average molecular weight is 286 g/mol. The second-order valence-corrected chi connectivity index (χ2v) is 6.01. The van der Waals surface area contributed by atoms with E-state index in [1.54, 1.807) is 0 Å². The minimum absolute atomic E-state index is 0.0948. The van der Waals surface area contributed by atoms with Gasteiger partial charge in [0.2, 0.25) is 0 Å². The van der Waals surface area contributed by atoms with Gasteiger partial charge in [-0.1, -0.05) is 6.42 Å². The molecule has 0 spiro atoms. The molecule has 21 heavy (non-hydrogen) atoms. The van der Waals surface area contributed by atoms with Crippen LogP contribution in [0.15, 0.2) is 18.3 Å². The van der Waals surface area contributed by atoms with Gasteiger partial charge >= 0.3 is 0 Å². The van der Waals surface area contributed by atoms with E-state index < -0.39 is 0 Å². The smallest absolute Gasteiger partial charge is 0.162 e. The number of piperidine rings is 1. The third-order valence-corrected chi connectivity index (χ3v) is 4.54. The Morgan fingerprint density at radius 1 is 1.19 bits per heavy atom. The Balaban J connectivity index is 1.79. The molecule has 2 saturated heterocycles. The molecule has 4 heterocycles. The largest absolute Gasteiger partial charge is 0.358 e. The van der Waals surface area contributed by atoms with Crippen LogP contribution in [-0.2, 0) is 4.74 Å². The predicted molar refractivity (Wildman–Crippen MR) is 81.0 cm³/mol. The van der Waals surface area contributed by atoms with Crippen LogP contribution >= 0.6 is 0 Å². The van der Waals surface area contributed by atoms with E-state index >= 15 is 0 Å². The van der Waals surface area contributed by atoms with Gasteiger partial charge in [-0.25, -0.2) is 9.97 Å². The van der Waals surface area contributed by atoms with Gasteiger partial charge in [0.15, 0.2) is 5.65 Å². The van der Waals surface area contributed by atoms with Crippen molar-refractivity contribution in [1.82, 2.24) is 19.9 Å². The third kappa shape index (κ3) is 2.45. The lowest BCUT2D eigenvalue weighted by atomic mass is 10.0. The highest BCUT2D eigenvalue weighted by Gasteiger charge is 2.27.